The predicted molar refractivity (Wildman–Crippen MR) is 74.6 cm³/mol. The van der Waals surface area contributed by atoms with Crippen molar-refractivity contribution in [2.45, 2.75) is 13.5 Å². The molecule has 19 heavy (non-hydrogen) atoms. The molecule has 2 heterocycles. The summed E-state index contributed by atoms with van der Waals surface area (Å²) in [4.78, 5) is 11.9. The van der Waals surface area contributed by atoms with E-state index in [1.807, 2.05) is 41.9 Å². The lowest BCUT2D eigenvalue weighted by Crippen LogP contribution is -2.07. The van der Waals surface area contributed by atoms with Crippen LogP contribution in [0.1, 0.15) is 12.5 Å². The number of nitrogens with zero attached hydrogens (tertiary/aromatic N) is 2. The molecule has 2 aromatic rings. The minimum Gasteiger partial charge on any atom is -0.346 e. The maximum absolute atomic E-state index is 11.9. The number of carbonyl (C=O) groups is 1. The molecule has 1 amide bonds. The van der Waals surface area contributed by atoms with E-state index in [-0.39, 0.29) is 5.91 Å². The Balaban J connectivity index is 1.90. The highest BCUT2D eigenvalue weighted by atomic mass is 16.2. The fraction of sp³-hybridized carbons (Fsp3) is 0.143. The summed E-state index contributed by atoms with van der Waals surface area (Å²) in [6, 6.07) is 9.52. The number of carbonyl (C=O) groups excluding carboxylic acids is 1. The van der Waals surface area contributed by atoms with Gasteiger partial charge in [0.2, 0.25) is 0 Å². The Morgan fingerprint density at radius 1 is 1.37 bits per heavy atom. The van der Waals surface area contributed by atoms with Gasteiger partial charge in [-0.2, -0.15) is 5.10 Å². The van der Waals surface area contributed by atoms with Crippen molar-refractivity contribution >= 4 is 23.0 Å². The molecule has 0 bridgehead atoms. The first kappa shape index (κ1) is 11.5. The van der Waals surface area contributed by atoms with E-state index in [2.05, 4.69) is 15.7 Å². The molecule has 3 rings (SSSR count). The van der Waals surface area contributed by atoms with Crippen LogP contribution in [0.2, 0.25) is 0 Å². The molecule has 96 valence electrons. The lowest BCUT2D eigenvalue weighted by molar-refractivity contribution is -0.110. The number of para-hydroxylation sites is 1. The van der Waals surface area contributed by atoms with Gasteiger partial charge in [-0.1, -0.05) is 18.2 Å². The Morgan fingerprint density at radius 2 is 2.21 bits per heavy atom. The van der Waals surface area contributed by atoms with E-state index < -0.39 is 0 Å². The van der Waals surface area contributed by atoms with Gasteiger partial charge in [0.05, 0.1) is 11.8 Å². The van der Waals surface area contributed by atoms with E-state index in [1.165, 1.54) is 0 Å². The Hall–Kier alpha value is -2.56. The maximum atomic E-state index is 11.9. The van der Waals surface area contributed by atoms with Crippen molar-refractivity contribution in [3.8, 4) is 0 Å². The Morgan fingerprint density at radius 3 is 3.05 bits per heavy atom. The normalized spacial score (nSPS) is 15.4. The second-order valence-electron chi connectivity index (χ2n) is 4.23. The van der Waals surface area contributed by atoms with E-state index in [1.54, 1.807) is 12.4 Å². The van der Waals surface area contributed by atoms with Gasteiger partial charge in [-0.25, -0.2) is 4.68 Å². The smallest absolute Gasteiger partial charge is 0.257 e. The minimum atomic E-state index is -0.0868. The fourth-order valence-electron chi connectivity index (χ4n) is 2.14. The molecular formula is C14H14N4O. The predicted octanol–water partition coefficient (Wildman–Crippen LogP) is 2.31. The summed E-state index contributed by atoms with van der Waals surface area (Å²) in [7, 11) is 0. The molecule has 0 atom stereocenters. The molecule has 5 nitrogen and oxygen atoms in total. The van der Waals surface area contributed by atoms with Gasteiger partial charge in [-0.3, -0.25) is 4.79 Å². The fourth-order valence-corrected chi connectivity index (χ4v) is 2.14. The first-order chi connectivity index (χ1) is 9.29. The van der Waals surface area contributed by atoms with E-state index >= 15 is 0 Å². The number of nitrogens with one attached hydrogen (secondary N) is 2. The van der Waals surface area contributed by atoms with Crippen molar-refractivity contribution in [3.05, 3.63) is 48.3 Å². The molecule has 1 aliphatic rings. The number of benzene rings is 1. The quantitative estimate of drug-likeness (QED) is 0.826. The van der Waals surface area contributed by atoms with Crippen LogP contribution in [0.4, 0.5) is 11.5 Å². The molecule has 0 saturated heterocycles. The van der Waals surface area contributed by atoms with Crippen LogP contribution in [-0.4, -0.2) is 15.7 Å². The summed E-state index contributed by atoms with van der Waals surface area (Å²) >= 11 is 0. The van der Waals surface area contributed by atoms with E-state index in [0.717, 1.165) is 23.6 Å². The summed E-state index contributed by atoms with van der Waals surface area (Å²) in [5, 5.41) is 10.1. The van der Waals surface area contributed by atoms with Gasteiger partial charge in [-0.15, -0.1) is 0 Å². The zero-order valence-corrected chi connectivity index (χ0v) is 10.6. The summed E-state index contributed by atoms with van der Waals surface area (Å²) in [5.41, 5.74) is 2.41. The molecule has 0 fully saturated rings. The van der Waals surface area contributed by atoms with E-state index in [0.29, 0.717) is 5.57 Å². The average molecular weight is 254 g/mol. The summed E-state index contributed by atoms with van der Waals surface area (Å²) < 4.78 is 1.83. The average Bonchev–Trinajstić information content (AvgIpc) is 2.99. The second kappa shape index (κ2) is 4.61. The summed E-state index contributed by atoms with van der Waals surface area (Å²) in [6.45, 7) is 2.80. The monoisotopic (exact) mass is 254 g/mol. The van der Waals surface area contributed by atoms with Crippen molar-refractivity contribution in [2.24, 2.45) is 0 Å². The molecule has 2 N–H and O–H groups in total. The highest BCUT2D eigenvalue weighted by Crippen LogP contribution is 2.30. The van der Waals surface area contributed by atoms with Gasteiger partial charge in [0.1, 0.15) is 5.82 Å². The first-order valence-corrected chi connectivity index (χ1v) is 6.19. The lowest BCUT2D eigenvalue weighted by atomic mass is 10.1. The molecule has 5 heteroatoms. The third-order valence-corrected chi connectivity index (χ3v) is 3.09. The van der Waals surface area contributed by atoms with Crippen LogP contribution in [0.25, 0.3) is 5.57 Å². The van der Waals surface area contributed by atoms with E-state index in [9.17, 15) is 4.79 Å². The number of hydrogen-bond acceptors (Lipinski definition) is 3. The third kappa shape index (κ3) is 1.99. The topological polar surface area (TPSA) is 59.0 Å². The molecule has 0 unspecified atom stereocenters. The van der Waals surface area contributed by atoms with Gasteiger partial charge < -0.3 is 10.6 Å². The molecule has 1 aliphatic heterocycles. The van der Waals surface area contributed by atoms with Crippen LogP contribution in [0.3, 0.4) is 0 Å². The van der Waals surface area contributed by atoms with Crippen LogP contribution in [0.5, 0.6) is 0 Å². The van der Waals surface area contributed by atoms with Gasteiger partial charge in [0.15, 0.2) is 0 Å². The largest absolute Gasteiger partial charge is 0.346 e. The molecule has 1 aromatic heterocycles. The zero-order valence-electron chi connectivity index (χ0n) is 10.6. The second-order valence-corrected chi connectivity index (χ2v) is 4.23. The van der Waals surface area contributed by atoms with Gasteiger partial charge in [0, 0.05) is 30.1 Å². The number of aromatic nitrogens is 2. The number of hydrogen-bond donors (Lipinski definition) is 2. The molecule has 0 spiro atoms. The van der Waals surface area contributed by atoms with E-state index in [4.69, 9.17) is 0 Å². The number of aryl methyl sites for hydroxylation is 1. The molecule has 1 aromatic carbocycles. The van der Waals surface area contributed by atoms with Gasteiger partial charge in [0.25, 0.3) is 5.91 Å². The SMILES string of the molecule is CCn1nccc1N/C=C1\C(=O)Nc2ccccc21. The Kier molecular flexibility index (Phi) is 2.79. The van der Waals surface area contributed by atoms with Crippen molar-refractivity contribution in [1.82, 2.24) is 9.78 Å². The molecule has 0 aliphatic carbocycles. The van der Waals surface area contributed by atoms with Crippen LogP contribution in [-0.2, 0) is 11.3 Å². The van der Waals surface area contributed by atoms with Crippen LogP contribution in [0, 0.1) is 0 Å². The third-order valence-electron chi connectivity index (χ3n) is 3.09. The highest BCUT2D eigenvalue weighted by Gasteiger charge is 2.23. The number of fused-ring (bicyclic) bond motifs is 1. The number of rotatable bonds is 3. The molecule has 0 radical (unpaired) electrons. The summed E-state index contributed by atoms with van der Waals surface area (Å²) in [5.74, 6) is 0.781. The Labute approximate surface area is 110 Å². The van der Waals surface area contributed by atoms with Crippen LogP contribution < -0.4 is 10.6 Å². The van der Waals surface area contributed by atoms with Crippen LogP contribution in [0.15, 0.2) is 42.7 Å². The number of anilines is 2. The molecule has 0 saturated carbocycles. The van der Waals surface area contributed by atoms with Gasteiger partial charge >= 0.3 is 0 Å². The zero-order chi connectivity index (χ0) is 13.2. The van der Waals surface area contributed by atoms with Crippen molar-refractivity contribution in [3.63, 3.8) is 0 Å². The maximum Gasteiger partial charge on any atom is 0.257 e. The number of amides is 1. The first-order valence-electron chi connectivity index (χ1n) is 6.19. The van der Waals surface area contributed by atoms with Crippen molar-refractivity contribution < 1.29 is 4.79 Å². The Bertz CT molecular complexity index is 657. The standard InChI is InChI=1S/C14H14N4O/c1-2-18-13(7-8-16-18)15-9-11-10-5-3-4-6-12(10)17-14(11)19/h3-9,15H,2H2,1H3,(H,17,19)/b11-9-. The van der Waals surface area contributed by atoms with Crippen molar-refractivity contribution in [2.75, 3.05) is 10.6 Å². The molecular weight excluding hydrogens is 240 g/mol. The van der Waals surface area contributed by atoms with Crippen LogP contribution >= 0.6 is 0 Å². The van der Waals surface area contributed by atoms with Gasteiger partial charge in [-0.05, 0) is 13.0 Å². The highest BCUT2D eigenvalue weighted by molar-refractivity contribution is 6.31. The lowest BCUT2D eigenvalue weighted by Gasteiger charge is -2.04. The summed E-state index contributed by atoms with van der Waals surface area (Å²) in [6.07, 6.45) is 3.46. The van der Waals surface area contributed by atoms with Crippen molar-refractivity contribution in [1.29, 1.82) is 0 Å². The minimum absolute atomic E-state index is 0.0868.